The molecule has 0 saturated heterocycles. The minimum absolute atomic E-state index is 0.170. The second kappa shape index (κ2) is 8.10. The summed E-state index contributed by atoms with van der Waals surface area (Å²) in [5.74, 6) is 0.342. The number of nitrogens with zero attached hydrogens (tertiary/aromatic N) is 1. The van der Waals surface area contributed by atoms with Gasteiger partial charge in [0.05, 0.1) is 7.11 Å². The molecule has 0 spiro atoms. The third-order valence-electron chi connectivity index (χ3n) is 3.56. The predicted molar refractivity (Wildman–Crippen MR) is 91.0 cm³/mol. The molecule has 5 nitrogen and oxygen atoms in total. The first-order chi connectivity index (χ1) is 11.1. The molecule has 0 radical (unpaired) electrons. The highest BCUT2D eigenvalue weighted by Gasteiger charge is 2.26. The van der Waals surface area contributed by atoms with E-state index >= 15 is 0 Å². The number of hydrogen-bond acceptors (Lipinski definition) is 4. The molecule has 0 heterocycles. The Labute approximate surface area is 137 Å². The van der Waals surface area contributed by atoms with E-state index in [1.165, 1.54) is 11.4 Å². The van der Waals surface area contributed by atoms with Crippen molar-refractivity contribution in [3.05, 3.63) is 60.2 Å². The number of benzene rings is 2. The van der Waals surface area contributed by atoms with Gasteiger partial charge in [0, 0.05) is 19.6 Å². The van der Waals surface area contributed by atoms with Gasteiger partial charge in [0.2, 0.25) is 10.0 Å². The summed E-state index contributed by atoms with van der Waals surface area (Å²) in [5, 5.41) is 0. The first-order valence-corrected chi connectivity index (χ1v) is 8.90. The molecule has 0 saturated carbocycles. The minimum atomic E-state index is -3.65. The van der Waals surface area contributed by atoms with E-state index in [-0.39, 0.29) is 18.0 Å². The Bertz CT molecular complexity index is 718. The molecule has 6 heteroatoms. The lowest BCUT2D eigenvalue weighted by Crippen LogP contribution is -2.37. The second-order valence-corrected chi connectivity index (χ2v) is 6.99. The Hall–Kier alpha value is -1.89. The van der Waals surface area contributed by atoms with E-state index < -0.39 is 10.0 Å². The Morgan fingerprint density at radius 2 is 1.65 bits per heavy atom. The third-order valence-corrected chi connectivity index (χ3v) is 5.50. The monoisotopic (exact) mass is 334 g/mol. The van der Waals surface area contributed by atoms with Crippen molar-refractivity contribution in [2.75, 3.05) is 26.7 Å². The van der Waals surface area contributed by atoms with E-state index in [4.69, 9.17) is 10.5 Å². The molecule has 0 amide bonds. The summed E-state index contributed by atoms with van der Waals surface area (Å²) in [6.45, 7) is 0.915. The Morgan fingerprint density at radius 1 is 1.00 bits per heavy atom. The van der Waals surface area contributed by atoms with E-state index in [0.29, 0.717) is 18.7 Å². The Morgan fingerprint density at radius 3 is 2.30 bits per heavy atom. The molecule has 0 aliphatic rings. The maximum Gasteiger partial charge on any atom is 0.246 e. The fourth-order valence-corrected chi connectivity index (χ4v) is 3.98. The number of hydrogen-bond donors (Lipinski definition) is 1. The lowest BCUT2D eigenvalue weighted by Gasteiger charge is -2.22. The van der Waals surface area contributed by atoms with Crippen LogP contribution in [0.25, 0.3) is 0 Å². The van der Waals surface area contributed by atoms with Gasteiger partial charge in [-0.1, -0.05) is 42.5 Å². The third kappa shape index (κ3) is 4.31. The lowest BCUT2D eigenvalue weighted by molar-refractivity contribution is 0.391. The molecule has 124 valence electrons. The zero-order valence-electron chi connectivity index (χ0n) is 13.2. The van der Waals surface area contributed by atoms with Gasteiger partial charge < -0.3 is 10.5 Å². The van der Waals surface area contributed by atoms with Gasteiger partial charge in [-0.25, -0.2) is 8.42 Å². The van der Waals surface area contributed by atoms with Gasteiger partial charge in [-0.3, -0.25) is 0 Å². The van der Waals surface area contributed by atoms with Gasteiger partial charge in [-0.15, -0.1) is 0 Å². The van der Waals surface area contributed by atoms with Crippen LogP contribution in [0.1, 0.15) is 5.56 Å². The fourth-order valence-electron chi connectivity index (χ4n) is 2.37. The van der Waals surface area contributed by atoms with E-state index in [1.807, 2.05) is 30.3 Å². The SMILES string of the molecule is COc1ccccc1S(=O)(=O)N(CCN)CCc1ccccc1. The Kier molecular flexibility index (Phi) is 6.15. The lowest BCUT2D eigenvalue weighted by atomic mass is 10.1. The molecule has 0 fully saturated rings. The van der Waals surface area contributed by atoms with Crippen LogP contribution in [0.4, 0.5) is 0 Å². The van der Waals surface area contributed by atoms with Crippen molar-refractivity contribution in [3.63, 3.8) is 0 Å². The number of methoxy groups -OCH3 is 1. The molecule has 2 N–H and O–H groups in total. The molecule has 2 aromatic rings. The minimum Gasteiger partial charge on any atom is -0.495 e. The number of para-hydroxylation sites is 1. The normalized spacial score (nSPS) is 11.6. The predicted octanol–water partition coefficient (Wildman–Crippen LogP) is 1.89. The molecule has 0 atom stereocenters. The van der Waals surface area contributed by atoms with Gasteiger partial charge >= 0.3 is 0 Å². The summed E-state index contributed by atoms with van der Waals surface area (Å²) in [6, 6.07) is 16.4. The van der Waals surface area contributed by atoms with Crippen LogP contribution >= 0.6 is 0 Å². The molecule has 0 bridgehead atoms. The van der Waals surface area contributed by atoms with E-state index in [0.717, 1.165) is 5.56 Å². The van der Waals surface area contributed by atoms with Crippen LogP contribution in [-0.4, -0.2) is 39.5 Å². The van der Waals surface area contributed by atoms with E-state index in [2.05, 4.69) is 0 Å². The fraction of sp³-hybridized carbons (Fsp3) is 0.294. The van der Waals surface area contributed by atoms with Crippen LogP contribution < -0.4 is 10.5 Å². The van der Waals surface area contributed by atoms with Gasteiger partial charge in [0.25, 0.3) is 0 Å². The summed E-state index contributed by atoms with van der Waals surface area (Å²) in [5.41, 5.74) is 6.69. The average molecular weight is 334 g/mol. The molecule has 0 aliphatic heterocycles. The molecule has 2 aromatic carbocycles. The van der Waals surface area contributed by atoms with Gasteiger partial charge in [-0.2, -0.15) is 4.31 Å². The number of sulfonamides is 1. The topological polar surface area (TPSA) is 72.6 Å². The first-order valence-electron chi connectivity index (χ1n) is 7.46. The molecular formula is C17H22N2O3S. The van der Waals surface area contributed by atoms with Crippen molar-refractivity contribution in [2.45, 2.75) is 11.3 Å². The molecule has 0 aromatic heterocycles. The molecule has 0 aliphatic carbocycles. The van der Waals surface area contributed by atoms with Crippen LogP contribution in [0.3, 0.4) is 0 Å². The summed E-state index contributed by atoms with van der Waals surface area (Å²) in [6.07, 6.45) is 0.634. The number of rotatable bonds is 8. The highest BCUT2D eigenvalue weighted by atomic mass is 32.2. The smallest absolute Gasteiger partial charge is 0.246 e. The zero-order chi connectivity index (χ0) is 16.7. The highest BCUT2D eigenvalue weighted by molar-refractivity contribution is 7.89. The van der Waals surface area contributed by atoms with Gasteiger partial charge in [0.15, 0.2) is 0 Å². The van der Waals surface area contributed by atoms with Gasteiger partial charge in [-0.05, 0) is 24.1 Å². The standard InChI is InChI=1S/C17H22N2O3S/c1-22-16-9-5-6-10-17(16)23(20,21)19(14-12-18)13-11-15-7-3-2-4-8-15/h2-10H,11-14,18H2,1H3. The summed E-state index contributed by atoms with van der Waals surface area (Å²) in [7, 11) is -2.18. The number of nitrogens with two attached hydrogens (primary N) is 1. The average Bonchev–Trinajstić information content (AvgIpc) is 2.59. The van der Waals surface area contributed by atoms with Crippen molar-refractivity contribution in [2.24, 2.45) is 5.73 Å². The van der Waals surface area contributed by atoms with Crippen molar-refractivity contribution in [1.29, 1.82) is 0 Å². The van der Waals surface area contributed by atoms with Crippen molar-refractivity contribution < 1.29 is 13.2 Å². The number of ether oxygens (including phenoxy) is 1. The Balaban J connectivity index is 2.24. The summed E-state index contributed by atoms with van der Waals surface area (Å²) < 4.78 is 32.4. The molecular weight excluding hydrogens is 312 g/mol. The molecule has 23 heavy (non-hydrogen) atoms. The van der Waals surface area contributed by atoms with Crippen molar-refractivity contribution in [1.82, 2.24) is 4.31 Å². The van der Waals surface area contributed by atoms with Crippen LogP contribution in [0.2, 0.25) is 0 Å². The largest absolute Gasteiger partial charge is 0.495 e. The summed E-state index contributed by atoms with van der Waals surface area (Å²) >= 11 is 0. The van der Waals surface area contributed by atoms with E-state index in [9.17, 15) is 8.42 Å². The molecule has 0 unspecified atom stereocenters. The van der Waals surface area contributed by atoms with Crippen LogP contribution in [-0.2, 0) is 16.4 Å². The van der Waals surface area contributed by atoms with E-state index in [1.54, 1.807) is 24.3 Å². The van der Waals surface area contributed by atoms with Crippen molar-refractivity contribution in [3.8, 4) is 5.75 Å². The van der Waals surface area contributed by atoms with Gasteiger partial charge in [0.1, 0.15) is 10.6 Å². The highest BCUT2D eigenvalue weighted by Crippen LogP contribution is 2.26. The van der Waals surface area contributed by atoms with Crippen molar-refractivity contribution >= 4 is 10.0 Å². The second-order valence-electron chi connectivity index (χ2n) is 5.08. The maximum atomic E-state index is 12.9. The molecule has 2 rings (SSSR count). The van der Waals surface area contributed by atoms with Crippen LogP contribution in [0.15, 0.2) is 59.5 Å². The van der Waals surface area contributed by atoms with Crippen LogP contribution in [0, 0.1) is 0 Å². The quantitative estimate of drug-likeness (QED) is 0.800. The van der Waals surface area contributed by atoms with Crippen LogP contribution in [0.5, 0.6) is 5.75 Å². The summed E-state index contributed by atoms with van der Waals surface area (Å²) in [4.78, 5) is 0.170. The first kappa shape index (κ1) is 17.5. The maximum absolute atomic E-state index is 12.9. The zero-order valence-corrected chi connectivity index (χ0v) is 14.0.